The molecule has 0 spiro atoms. The Hall–Kier alpha value is -1.26. The van der Waals surface area contributed by atoms with Gasteiger partial charge in [0, 0.05) is 12.6 Å². The standard InChI is InChI=1S/C10H20N4O/c1-4-5-6-7-14(8(2)3)10-13-12-9(11)15-10/h8H,4-7H2,1-3H3,(H2,11,12). The van der Waals surface area contributed by atoms with Crippen LogP contribution in [0.15, 0.2) is 4.42 Å². The number of hydrogen-bond acceptors (Lipinski definition) is 5. The Morgan fingerprint density at radius 3 is 2.53 bits per heavy atom. The smallest absolute Gasteiger partial charge is 0.319 e. The molecule has 0 aliphatic heterocycles. The number of anilines is 2. The van der Waals surface area contributed by atoms with Crippen LogP contribution >= 0.6 is 0 Å². The maximum atomic E-state index is 5.40. The summed E-state index contributed by atoms with van der Waals surface area (Å²) in [5.41, 5.74) is 5.40. The molecule has 1 aromatic heterocycles. The second-order valence-electron chi connectivity index (χ2n) is 3.92. The fourth-order valence-corrected chi connectivity index (χ4v) is 1.45. The zero-order valence-electron chi connectivity index (χ0n) is 9.73. The Labute approximate surface area is 90.7 Å². The molecule has 2 N–H and O–H groups in total. The summed E-state index contributed by atoms with van der Waals surface area (Å²) in [6, 6.07) is 1.01. The molecule has 15 heavy (non-hydrogen) atoms. The molecule has 0 fully saturated rings. The number of rotatable bonds is 6. The van der Waals surface area contributed by atoms with Crippen molar-refractivity contribution in [2.24, 2.45) is 0 Å². The highest BCUT2D eigenvalue weighted by Crippen LogP contribution is 2.16. The van der Waals surface area contributed by atoms with E-state index in [1.54, 1.807) is 0 Å². The van der Waals surface area contributed by atoms with Crippen molar-refractivity contribution in [3.63, 3.8) is 0 Å². The highest BCUT2D eigenvalue weighted by atomic mass is 16.4. The second kappa shape index (κ2) is 5.58. The highest BCUT2D eigenvalue weighted by molar-refractivity contribution is 5.28. The molecule has 0 bridgehead atoms. The van der Waals surface area contributed by atoms with E-state index in [-0.39, 0.29) is 6.01 Å². The molecule has 5 nitrogen and oxygen atoms in total. The van der Waals surface area contributed by atoms with Crippen LogP contribution in [0.4, 0.5) is 12.0 Å². The van der Waals surface area contributed by atoms with Crippen molar-refractivity contribution < 1.29 is 4.42 Å². The molecule has 86 valence electrons. The van der Waals surface area contributed by atoms with Gasteiger partial charge in [0.1, 0.15) is 0 Å². The van der Waals surface area contributed by atoms with Crippen molar-refractivity contribution in [3.05, 3.63) is 0 Å². The third-order valence-electron chi connectivity index (χ3n) is 2.30. The van der Waals surface area contributed by atoms with Crippen molar-refractivity contribution in [2.75, 3.05) is 17.2 Å². The Kier molecular flexibility index (Phi) is 4.39. The molecule has 0 atom stereocenters. The predicted molar refractivity (Wildman–Crippen MR) is 60.7 cm³/mol. The number of nitrogens with two attached hydrogens (primary N) is 1. The van der Waals surface area contributed by atoms with Gasteiger partial charge in [-0.05, 0) is 20.3 Å². The van der Waals surface area contributed by atoms with Gasteiger partial charge in [0.15, 0.2) is 0 Å². The van der Waals surface area contributed by atoms with Crippen LogP contribution in [0, 0.1) is 0 Å². The van der Waals surface area contributed by atoms with Crippen LogP contribution < -0.4 is 10.6 Å². The predicted octanol–water partition coefficient (Wildman–Crippen LogP) is 2.06. The summed E-state index contributed by atoms with van der Waals surface area (Å²) in [7, 11) is 0. The van der Waals surface area contributed by atoms with E-state index in [1.165, 1.54) is 12.8 Å². The Morgan fingerprint density at radius 1 is 1.33 bits per heavy atom. The number of nitrogens with zero attached hydrogens (tertiary/aromatic N) is 3. The third kappa shape index (κ3) is 3.42. The molecule has 0 amide bonds. The molecule has 0 unspecified atom stereocenters. The number of aromatic nitrogens is 2. The molecule has 5 heteroatoms. The van der Waals surface area contributed by atoms with E-state index < -0.39 is 0 Å². The summed E-state index contributed by atoms with van der Waals surface area (Å²) in [5, 5.41) is 7.57. The minimum atomic E-state index is 0.131. The fraction of sp³-hybridized carbons (Fsp3) is 0.800. The molecule has 1 heterocycles. The lowest BCUT2D eigenvalue weighted by atomic mass is 10.2. The molecular weight excluding hydrogens is 192 g/mol. The van der Waals surface area contributed by atoms with Crippen molar-refractivity contribution >= 4 is 12.0 Å². The van der Waals surface area contributed by atoms with E-state index >= 15 is 0 Å². The molecule has 0 aliphatic carbocycles. The monoisotopic (exact) mass is 212 g/mol. The van der Waals surface area contributed by atoms with Crippen LogP contribution in [0.3, 0.4) is 0 Å². The first-order chi connectivity index (χ1) is 7.15. The Bertz CT molecular complexity index is 285. The van der Waals surface area contributed by atoms with Crippen LogP contribution in [-0.4, -0.2) is 22.8 Å². The average molecular weight is 212 g/mol. The van der Waals surface area contributed by atoms with Crippen LogP contribution in [0.1, 0.15) is 40.0 Å². The van der Waals surface area contributed by atoms with Gasteiger partial charge in [-0.3, -0.25) is 0 Å². The van der Waals surface area contributed by atoms with E-state index in [2.05, 4.69) is 35.9 Å². The van der Waals surface area contributed by atoms with Gasteiger partial charge in [0.05, 0.1) is 0 Å². The van der Waals surface area contributed by atoms with Gasteiger partial charge in [-0.25, -0.2) is 0 Å². The first-order valence-corrected chi connectivity index (χ1v) is 5.50. The summed E-state index contributed by atoms with van der Waals surface area (Å²) >= 11 is 0. The molecule has 0 saturated carbocycles. The van der Waals surface area contributed by atoms with Crippen molar-refractivity contribution in [2.45, 2.75) is 46.1 Å². The van der Waals surface area contributed by atoms with Gasteiger partial charge in [-0.15, -0.1) is 0 Å². The van der Waals surface area contributed by atoms with E-state index in [4.69, 9.17) is 10.2 Å². The summed E-state index contributed by atoms with van der Waals surface area (Å²) in [5.74, 6) is 0. The summed E-state index contributed by atoms with van der Waals surface area (Å²) in [6.45, 7) is 7.33. The van der Waals surface area contributed by atoms with E-state index in [1.807, 2.05) is 0 Å². The molecule has 0 saturated heterocycles. The minimum absolute atomic E-state index is 0.131. The van der Waals surface area contributed by atoms with Gasteiger partial charge in [0.2, 0.25) is 0 Å². The van der Waals surface area contributed by atoms with Gasteiger partial charge >= 0.3 is 12.0 Å². The van der Waals surface area contributed by atoms with Crippen LogP contribution in [-0.2, 0) is 0 Å². The largest absolute Gasteiger partial charge is 0.390 e. The number of unbranched alkanes of at least 4 members (excludes halogenated alkanes) is 2. The maximum Gasteiger partial charge on any atom is 0.319 e. The molecular formula is C10H20N4O. The van der Waals surface area contributed by atoms with E-state index in [9.17, 15) is 0 Å². The lowest BCUT2D eigenvalue weighted by Gasteiger charge is -2.23. The molecule has 0 aliphatic rings. The SMILES string of the molecule is CCCCCN(c1nnc(N)o1)C(C)C. The van der Waals surface area contributed by atoms with Crippen molar-refractivity contribution in [1.29, 1.82) is 0 Å². The summed E-state index contributed by atoms with van der Waals surface area (Å²) in [4.78, 5) is 2.08. The highest BCUT2D eigenvalue weighted by Gasteiger charge is 2.15. The minimum Gasteiger partial charge on any atom is -0.390 e. The first kappa shape index (κ1) is 11.8. The lowest BCUT2D eigenvalue weighted by molar-refractivity contribution is 0.513. The van der Waals surface area contributed by atoms with Gasteiger partial charge < -0.3 is 15.1 Å². The molecule has 0 radical (unpaired) electrons. The lowest BCUT2D eigenvalue weighted by Crippen LogP contribution is -2.32. The Morgan fingerprint density at radius 2 is 2.07 bits per heavy atom. The maximum absolute atomic E-state index is 5.40. The third-order valence-corrected chi connectivity index (χ3v) is 2.30. The van der Waals surface area contributed by atoms with E-state index in [0.29, 0.717) is 12.1 Å². The van der Waals surface area contributed by atoms with E-state index in [0.717, 1.165) is 13.0 Å². The van der Waals surface area contributed by atoms with Crippen molar-refractivity contribution in [1.82, 2.24) is 10.2 Å². The van der Waals surface area contributed by atoms with Crippen LogP contribution in [0.2, 0.25) is 0 Å². The van der Waals surface area contributed by atoms with Gasteiger partial charge in [-0.2, -0.15) is 0 Å². The van der Waals surface area contributed by atoms with Gasteiger partial charge in [0.25, 0.3) is 0 Å². The van der Waals surface area contributed by atoms with Gasteiger partial charge in [-0.1, -0.05) is 30.0 Å². The summed E-state index contributed by atoms with van der Waals surface area (Å²) < 4.78 is 5.22. The zero-order valence-corrected chi connectivity index (χ0v) is 9.73. The topological polar surface area (TPSA) is 68.2 Å². The zero-order chi connectivity index (χ0) is 11.3. The molecule has 1 rings (SSSR count). The second-order valence-corrected chi connectivity index (χ2v) is 3.92. The molecule has 1 aromatic rings. The number of hydrogen-bond donors (Lipinski definition) is 1. The first-order valence-electron chi connectivity index (χ1n) is 5.50. The normalized spacial score (nSPS) is 10.9. The van der Waals surface area contributed by atoms with Crippen LogP contribution in [0.5, 0.6) is 0 Å². The number of nitrogen functional groups attached to an aromatic ring is 1. The fourth-order valence-electron chi connectivity index (χ4n) is 1.45. The van der Waals surface area contributed by atoms with Crippen LogP contribution in [0.25, 0.3) is 0 Å². The Balaban J connectivity index is 2.58. The van der Waals surface area contributed by atoms with Crippen molar-refractivity contribution in [3.8, 4) is 0 Å². The molecule has 0 aromatic carbocycles. The average Bonchev–Trinajstić information content (AvgIpc) is 2.59. The summed E-state index contributed by atoms with van der Waals surface area (Å²) in [6.07, 6.45) is 3.56. The quantitative estimate of drug-likeness (QED) is 0.731.